The summed E-state index contributed by atoms with van der Waals surface area (Å²) >= 11 is 0. The van der Waals surface area contributed by atoms with Gasteiger partial charge in [0.15, 0.2) is 5.65 Å². The first-order chi connectivity index (χ1) is 9.90. The molecule has 2 fully saturated rings. The zero-order chi connectivity index (χ0) is 13.4. The summed E-state index contributed by atoms with van der Waals surface area (Å²) < 4.78 is 1.76. The van der Waals surface area contributed by atoms with Gasteiger partial charge in [0.25, 0.3) is 0 Å². The molecule has 0 aliphatic carbocycles. The van der Waals surface area contributed by atoms with Gasteiger partial charge in [0.05, 0.1) is 0 Å². The van der Waals surface area contributed by atoms with Crippen molar-refractivity contribution in [2.24, 2.45) is 0 Å². The van der Waals surface area contributed by atoms with E-state index in [2.05, 4.69) is 31.2 Å². The van der Waals surface area contributed by atoms with Gasteiger partial charge in [0.2, 0.25) is 0 Å². The van der Waals surface area contributed by atoms with Crippen molar-refractivity contribution >= 4 is 11.5 Å². The van der Waals surface area contributed by atoms with Crippen LogP contribution in [0.25, 0.3) is 5.65 Å². The third-order valence-electron chi connectivity index (χ3n) is 4.53. The molecule has 2 aromatic heterocycles. The fourth-order valence-corrected chi connectivity index (χ4v) is 3.45. The summed E-state index contributed by atoms with van der Waals surface area (Å²) in [5, 5.41) is 12.5. The van der Waals surface area contributed by atoms with E-state index >= 15 is 0 Å². The predicted molar refractivity (Wildman–Crippen MR) is 76.8 cm³/mol. The second-order valence-electron chi connectivity index (χ2n) is 5.81. The number of fused-ring (bicyclic) bond motifs is 1. The smallest absolute Gasteiger partial charge is 0.177 e. The molecule has 4 rings (SSSR count). The maximum atomic E-state index is 4.62. The molecule has 0 amide bonds. The lowest BCUT2D eigenvalue weighted by Gasteiger charge is -2.38. The van der Waals surface area contributed by atoms with Crippen LogP contribution in [0.5, 0.6) is 0 Å². The molecule has 106 valence electrons. The van der Waals surface area contributed by atoms with Crippen LogP contribution in [-0.4, -0.2) is 56.9 Å². The monoisotopic (exact) mass is 272 g/mol. The van der Waals surface area contributed by atoms with E-state index in [0.29, 0.717) is 6.04 Å². The Morgan fingerprint density at radius 1 is 1.05 bits per heavy atom. The van der Waals surface area contributed by atoms with E-state index in [1.54, 1.807) is 10.8 Å². The minimum absolute atomic E-state index is 0.699. The van der Waals surface area contributed by atoms with Gasteiger partial charge in [0.1, 0.15) is 12.1 Å². The van der Waals surface area contributed by atoms with Gasteiger partial charge >= 0.3 is 0 Å². The number of anilines is 1. The van der Waals surface area contributed by atoms with Crippen molar-refractivity contribution < 1.29 is 0 Å². The molecule has 20 heavy (non-hydrogen) atoms. The Morgan fingerprint density at radius 2 is 1.95 bits per heavy atom. The van der Waals surface area contributed by atoms with Gasteiger partial charge in [-0.05, 0) is 50.9 Å². The Kier molecular flexibility index (Phi) is 3.03. The molecule has 0 bridgehead atoms. The average Bonchev–Trinajstić information content (AvgIpc) is 3.18. The molecule has 1 atom stereocenters. The van der Waals surface area contributed by atoms with Crippen LogP contribution in [0, 0.1) is 0 Å². The number of piperidine rings is 1. The lowest BCUT2D eigenvalue weighted by Crippen LogP contribution is -2.47. The first-order valence-corrected chi connectivity index (χ1v) is 7.56. The molecule has 0 N–H and O–H groups in total. The fraction of sp³-hybridized carbons (Fsp3) is 0.643. The van der Waals surface area contributed by atoms with Gasteiger partial charge in [-0.3, -0.25) is 4.90 Å². The topological polar surface area (TPSA) is 49.6 Å². The summed E-state index contributed by atoms with van der Waals surface area (Å²) in [6.07, 6.45) is 6.97. The number of hydrogen-bond donors (Lipinski definition) is 0. The van der Waals surface area contributed by atoms with E-state index in [9.17, 15) is 0 Å². The molecule has 0 saturated carbocycles. The van der Waals surface area contributed by atoms with Crippen molar-refractivity contribution in [3.8, 4) is 0 Å². The highest BCUT2D eigenvalue weighted by Gasteiger charge is 2.27. The zero-order valence-electron chi connectivity index (χ0n) is 11.6. The third kappa shape index (κ3) is 2.14. The summed E-state index contributed by atoms with van der Waals surface area (Å²) in [6, 6.07) is 4.76. The molecule has 6 heteroatoms. The molecular formula is C14H20N6. The number of rotatable bonds is 2. The van der Waals surface area contributed by atoms with Crippen molar-refractivity contribution in [1.82, 2.24) is 24.7 Å². The molecule has 6 nitrogen and oxygen atoms in total. The van der Waals surface area contributed by atoms with E-state index in [4.69, 9.17) is 0 Å². The van der Waals surface area contributed by atoms with Gasteiger partial charge in [-0.2, -0.15) is 4.52 Å². The Balaban J connectivity index is 1.54. The Morgan fingerprint density at radius 3 is 2.85 bits per heavy atom. The minimum Gasteiger partial charge on any atom is -0.354 e. The molecule has 0 unspecified atom stereocenters. The summed E-state index contributed by atoms with van der Waals surface area (Å²) in [5.74, 6) is 1.04. The van der Waals surface area contributed by atoms with Crippen LogP contribution in [0.1, 0.15) is 25.7 Å². The van der Waals surface area contributed by atoms with Crippen LogP contribution in [0.15, 0.2) is 18.5 Å². The van der Waals surface area contributed by atoms with Crippen molar-refractivity contribution in [3.05, 3.63) is 18.5 Å². The highest BCUT2D eigenvalue weighted by Crippen LogP contribution is 2.23. The van der Waals surface area contributed by atoms with Crippen LogP contribution in [-0.2, 0) is 0 Å². The van der Waals surface area contributed by atoms with Gasteiger partial charge in [-0.25, -0.2) is 0 Å². The molecule has 2 aromatic rings. The minimum atomic E-state index is 0.699. The maximum absolute atomic E-state index is 4.62. The van der Waals surface area contributed by atoms with E-state index < -0.39 is 0 Å². The van der Waals surface area contributed by atoms with Crippen molar-refractivity contribution in [2.45, 2.75) is 31.7 Å². The average molecular weight is 272 g/mol. The van der Waals surface area contributed by atoms with Gasteiger partial charge in [0, 0.05) is 19.1 Å². The van der Waals surface area contributed by atoms with E-state index in [1.807, 2.05) is 6.07 Å². The number of likely N-dealkylation sites (tertiary alicyclic amines) is 1. The normalized spacial score (nSPS) is 24.6. The van der Waals surface area contributed by atoms with Crippen LogP contribution in [0.2, 0.25) is 0 Å². The van der Waals surface area contributed by atoms with Crippen LogP contribution in [0.4, 0.5) is 5.82 Å². The highest BCUT2D eigenvalue weighted by molar-refractivity contribution is 5.45. The SMILES string of the molecule is c1cc2nncn2nc1N1CCC[C@@H](N2CCCC2)C1. The lowest BCUT2D eigenvalue weighted by atomic mass is 10.0. The van der Waals surface area contributed by atoms with E-state index in [0.717, 1.165) is 24.6 Å². The first-order valence-electron chi connectivity index (χ1n) is 7.56. The van der Waals surface area contributed by atoms with E-state index in [-0.39, 0.29) is 0 Å². The third-order valence-corrected chi connectivity index (χ3v) is 4.53. The van der Waals surface area contributed by atoms with Gasteiger partial charge < -0.3 is 4.90 Å². The summed E-state index contributed by atoms with van der Waals surface area (Å²) in [6.45, 7) is 4.75. The highest BCUT2D eigenvalue weighted by atomic mass is 15.4. The van der Waals surface area contributed by atoms with Crippen LogP contribution in [0.3, 0.4) is 0 Å². The molecule has 2 aliphatic heterocycles. The maximum Gasteiger partial charge on any atom is 0.177 e. The summed E-state index contributed by atoms with van der Waals surface area (Å²) in [4.78, 5) is 5.06. The number of nitrogens with zero attached hydrogens (tertiary/aromatic N) is 6. The van der Waals surface area contributed by atoms with Crippen LogP contribution < -0.4 is 4.90 Å². The quantitative estimate of drug-likeness (QED) is 0.822. The molecule has 0 radical (unpaired) electrons. The Hall–Kier alpha value is -1.69. The zero-order valence-corrected chi connectivity index (χ0v) is 11.6. The number of aromatic nitrogens is 4. The number of hydrogen-bond acceptors (Lipinski definition) is 5. The fourth-order valence-electron chi connectivity index (χ4n) is 3.45. The van der Waals surface area contributed by atoms with Gasteiger partial charge in [-0.15, -0.1) is 15.3 Å². The molecular weight excluding hydrogens is 252 g/mol. The van der Waals surface area contributed by atoms with Crippen molar-refractivity contribution in [2.75, 3.05) is 31.1 Å². The summed E-state index contributed by atoms with van der Waals surface area (Å²) in [7, 11) is 0. The largest absolute Gasteiger partial charge is 0.354 e. The second kappa shape index (κ2) is 5.01. The van der Waals surface area contributed by atoms with Crippen molar-refractivity contribution in [3.63, 3.8) is 0 Å². The first kappa shape index (κ1) is 12.1. The molecule has 2 aliphatic rings. The lowest BCUT2D eigenvalue weighted by molar-refractivity contribution is 0.215. The summed E-state index contributed by atoms with van der Waals surface area (Å²) in [5.41, 5.74) is 0.807. The molecule has 0 aromatic carbocycles. The Labute approximate surface area is 118 Å². The predicted octanol–water partition coefficient (Wildman–Crippen LogP) is 1.19. The molecule has 4 heterocycles. The van der Waals surface area contributed by atoms with Gasteiger partial charge in [-0.1, -0.05) is 0 Å². The molecule has 0 spiro atoms. The van der Waals surface area contributed by atoms with E-state index in [1.165, 1.54) is 38.8 Å². The van der Waals surface area contributed by atoms with Crippen molar-refractivity contribution in [1.29, 1.82) is 0 Å². The second-order valence-corrected chi connectivity index (χ2v) is 5.81. The van der Waals surface area contributed by atoms with Crippen LogP contribution >= 0.6 is 0 Å². The standard InChI is InChI=1S/C14H20N6/c1-2-8-18(7-1)12-4-3-9-19(10-12)14-6-5-13-16-15-11-20(13)17-14/h5-6,11-12H,1-4,7-10H2/t12-/m1/s1. The Bertz CT molecular complexity index is 588. The molecule has 2 saturated heterocycles.